The second-order valence-electron chi connectivity index (χ2n) is 6.32. The van der Waals surface area contributed by atoms with E-state index in [1.54, 1.807) is 0 Å². The number of alkyl halides is 3. The number of rotatable bonds is 5. The normalized spacial score (nSPS) is 11.1. The van der Waals surface area contributed by atoms with Crippen LogP contribution in [-0.2, 0) is 6.18 Å². The summed E-state index contributed by atoms with van der Waals surface area (Å²) in [6.07, 6.45) is -3.48. The lowest BCUT2D eigenvalue weighted by atomic mass is 10.2. The first kappa shape index (κ1) is 23.9. The van der Waals surface area contributed by atoms with E-state index in [1.807, 2.05) is 0 Å². The molecule has 0 atom stereocenters. The zero-order valence-electron chi connectivity index (χ0n) is 16.1. The molecule has 0 unspecified atom stereocenters. The average molecular weight is 502 g/mol. The number of nitrogens with two attached hydrogens (primary N) is 1. The van der Waals surface area contributed by atoms with Crippen LogP contribution >= 0.6 is 23.2 Å². The maximum absolute atomic E-state index is 13.0. The molecular formula is C19H12Cl2F3N5O4. The van der Waals surface area contributed by atoms with Crippen molar-refractivity contribution in [3.05, 3.63) is 74.4 Å². The Morgan fingerprint density at radius 2 is 1.67 bits per heavy atom. The molecule has 3 aromatic rings. The number of hydrogen-bond donors (Lipinski definition) is 3. The number of anilines is 3. The Morgan fingerprint density at radius 1 is 1.03 bits per heavy atom. The highest BCUT2D eigenvalue weighted by molar-refractivity contribution is 6.32. The van der Waals surface area contributed by atoms with Gasteiger partial charge in [-0.15, -0.1) is 0 Å². The number of urea groups is 1. The molecule has 0 spiro atoms. The number of benzene rings is 2. The van der Waals surface area contributed by atoms with E-state index in [2.05, 4.69) is 15.6 Å². The first-order chi connectivity index (χ1) is 15.5. The Hall–Kier alpha value is -3.77. The van der Waals surface area contributed by atoms with Crippen LogP contribution < -0.4 is 21.1 Å². The van der Waals surface area contributed by atoms with E-state index in [0.717, 1.165) is 6.07 Å². The number of nitrogens with one attached hydrogen (secondary N) is 2. The van der Waals surface area contributed by atoms with Crippen molar-refractivity contribution < 1.29 is 27.6 Å². The fraction of sp³-hybridized carbons (Fsp3) is 0.0526. The molecule has 0 saturated heterocycles. The summed E-state index contributed by atoms with van der Waals surface area (Å²) in [6, 6.07) is 7.24. The van der Waals surface area contributed by atoms with Gasteiger partial charge in [0.2, 0.25) is 11.6 Å². The number of pyridine rings is 1. The number of halogens is 5. The topological polar surface area (TPSA) is 132 Å². The summed E-state index contributed by atoms with van der Waals surface area (Å²) in [6.45, 7) is 0. The molecule has 0 radical (unpaired) electrons. The Morgan fingerprint density at radius 3 is 2.27 bits per heavy atom. The van der Waals surface area contributed by atoms with Gasteiger partial charge in [-0.3, -0.25) is 10.1 Å². The van der Waals surface area contributed by atoms with Crippen molar-refractivity contribution in [3.8, 4) is 11.5 Å². The summed E-state index contributed by atoms with van der Waals surface area (Å²) in [4.78, 5) is 26.2. The predicted molar refractivity (Wildman–Crippen MR) is 116 cm³/mol. The molecule has 4 N–H and O–H groups in total. The minimum atomic E-state index is -4.69. The van der Waals surface area contributed by atoms with Gasteiger partial charge in [-0.1, -0.05) is 23.2 Å². The van der Waals surface area contributed by atoms with Crippen LogP contribution in [0.2, 0.25) is 10.0 Å². The van der Waals surface area contributed by atoms with Crippen LogP contribution in [0.15, 0.2) is 48.7 Å². The number of amides is 2. The van der Waals surface area contributed by atoms with Gasteiger partial charge in [-0.25, -0.2) is 9.78 Å². The van der Waals surface area contributed by atoms with E-state index in [0.29, 0.717) is 6.07 Å². The Balaban J connectivity index is 1.73. The van der Waals surface area contributed by atoms with Crippen molar-refractivity contribution in [1.29, 1.82) is 0 Å². The molecule has 0 fully saturated rings. The second kappa shape index (κ2) is 9.38. The summed E-state index contributed by atoms with van der Waals surface area (Å²) < 4.78 is 44.3. The lowest BCUT2D eigenvalue weighted by Gasteiger charge is -2.13. The lowest BCUT2D eigenvalue weighted by molar-refractivity contribution is -0.384. The molecule has 0 bridgehead atoms. The standard InChI is InChI=1S/C19H12Cl2F3N5O4/c20-12-3-1-9(7-11(12)19(22,23)24)27-18(30)28-10-2-4-14(13(21)8-10)33-15-5-6-26-17(25)16(15)29(31)32/h1-8H,(H2,25,26)(H2,27,28,30). The van der Waals surface area contributed by atoms with Gasteiger partial charge in [0.1, 0.15) is 5.75 Å². The van der Waals surface area contributed by atoms with Gasteiger partial charge in [0, 0.05) is 23.6 Å². The van der Waals surface area contributed by atoms with Gasteiger partial charge in [-0.05, 0) is 36.4 Å². The molecule has 14 heteroatoms. The average Bonchev–Trinajstić information content (AvgIpc) is 2.70. The molecule has 3 rings (SSSR count). The van der Waals surface area contributed by atoms with Crippen LogP contribution in [0.1, 0.15) is 5.56 Å². The molecule has 2 aromatic carbocycles. The molecule has 1 aromatic heterocycles. The minimum Gasteiger partial charge on any atom is -0.448 e. The maximum Gasteiger partial charge on any atom is 0.417 e. The number of nitro groups is 1. The van der Waals surface area contributed by atoms with Crippen LogP contribution in [0, 0.1) is 10.1 Å². The van der Waals surface area contributed by atoms with Gasteiger partial charge in [0.15, 0.2) is 0 Å². The van der Waals surface area contributed by atoms with E-state index in [4.69, 9.17) is 33.7 Å². The van der Waals surface area contributed by atoms with Crippen molar-refractivity contribution in [2.75, 3.05) is 16.4 Å². The highest BCUT2D eigenvalue weighted by Gasteiger charge is 2.33. The van der Waals surface area contributed by atoms with Gasteiger partial charge in [-0.2, -0.15) is 13.2 Å². The zero-order valence-corrected chi connectivity index (χ0v) is 17.6. The highest BCUT2D eigenvalue weighted by atomic mass is 35.5. The number of nitrogens with zero attached hydrogens (tertiary/aromatic N) is 2. The van der Waals surface area contributed by atoms with Crippen molar-refractivity contribution in [2.45, 2.75) is 6.18 Å². The molecule has 1 heterocycles. The summed E-state index contributed by atoms with van der Waals surface area (Å²) >= 11 is 11.7. The zero-order chi connectivity index (χ0) is 24.3. The Labute approximate surface area is 193 Å². The van der Waals surface area contributed by atoms with E-state index in [9.17, 15) is 28.1 Å². The molecule has 0 aliphatic heterocycles. The number of hydrogen-bond acceptors (Lipinski definition) is 6. The molecular weight excluding hydrogens is 490 g/mol. The predicted octanol–water partition coefficient (Wildman–Crippen LogP) is 6.33. The van der Waals surface area contributed by atoms with Crippen LogP contribution in [0.4, 0.5) is 40.8 Å². The van der Waals surface area contributed by atoms with Crippen LogP contribution in [-0.4, -0.2) is 15.9 Å². The highest BCUT2D eigenvalue weighted by Crippen LogP contribution is 2.38. The number of aromatic nitrogens is 1. The third kappa shape index (κ3) is 5.73. The summed E-state index contributed by atoms with van der Waals surface area (Å²) in [7, 11) is 0. The number of carbonyl (C=O) groups excluding carboxylic acids is 1. The molecule has 33 heavy (non-hydrogen) atoms. The third-order valence-corrected chi connectivity index (χ3v) is 4.66. The lowest BCUT2D eigenvalue weighted by Crippen LogP contribution is -2.20. The summed E-state index contributed by atoms with van der Waals surface area (Å²) in [5.74, 6) is -0.528. The molecule has 0 aliphatic carbocycles. The number of nitrogen functional groups attached to an aromatic ring is 1. The van der Waals surface area contributed by atoms with Crippen molar-refractivity contribution in [1.82, 2.24) is 4.98 Å². The molecule has 172 valence electrons. The number of ether oxygens (including phenoxy) is 1. The van der Waals surface area contributed by atoms with Crippen molar-refractivity contribution in [3.63, 3.8) is 0 Å². The first-order valence-electron chi connectivity index (χ1n) is 8.76. The van der Waals surface area contributed by atoms with E-state index in [1.165, 1.54) is 36.5 Å². The van der Waals surface area contributed by atoms with Gasteiger partial charge < -0.3 is 21.1 Å². The first-order valence-corrected chi connectivity index (χ1v) is 9.52. The minimum absolute atomic E-state index is 0.0174. The maximum atomic E-state index is 13.0. The second-order valence-corrected chi connectivity index (χ2v) is 7.13. The van der Waals surface area contributed by atoms with Crippen LogP contribution in [0.5, 0.6) is 11.5 Å². The number of carbonyl (C=O) groups is 1. The molecule has 9 nitrogen and oxygen atoms in total. The fourth-order valence-corrected chi connectivity index (χ4v) is 3.05. The fourth-order valence-electron chi connectivity index (χ4n) is 2.61. The van der Waals surface area contributed by atoms with Gasteiger partial charge >= 0.3 is 17.9 Å². The van der Waals surface area contributed by atoms with Crippen molar-refractivity contribution in [2.24, 2.45) is 0 Å². The largest absolute Gasteiger partial charge is 0.448 e. The molecule has 0 aliphatic rings. The van der Waals surface area contributed by atoms with Crippen LogP contribution in [0.3, 0.4) is 0 Å². The van der Waals surface area contributed by atoms with E-state index in [-0.39, 0.29) is 33.7 Å². The summed E-state index contributed by atoms with van der Waals surface area (Å²) in [5.41, 5.74) is 3.89. The van der Waals surface area contributed by atoms with E-state index < -0.39 is 33.4 Å². The third-order valence-electron chi connectivity index (χ3n) is 4.04. The van der Waals surface area contributed by atoms with Crippen molar-refractivity contribution >= 4 is 52.1 Å². The van der Waals surface area contributed by atoms with Gasteiger partial charge in [0.05, 0.1) is 20.5 Å². The Bertz CT molecular complexity index is 1240. The van der Waals surface area contributed by atoms with Gasteiger partial charge in [0.25, 0.3) is 0 Å². The Kier molecular flexibility index (Phi) is 6.79. The quantitative estimate of drug-likeness (QED) is 0.276. The van der Waals surface area contributed by atoms with Crippen LogP contribution in [0.25, 0.3) is 0 Å². The monoisotopic (exact) mass is 501 g/mol. The smallest absolute Gasteiger partial charge is 0.417 e. The summed E-state index contributed by atoms with van der Waals surface area (Å²) in [5, 5.41) is 15.3. The molecule has 0 saturated carbocycles. The SMILES string of the molecule is Nc1nccc(Oc2ccc(NC(=O)Nc3ccc(Cl)c(C(F)(F)F)c3)cc2Cl)c1[N+](=O)[O-]. The van der Waals surface area contributed by atoms with E-state index >= 15 is 0 Å². The molecule has 2 amide bonds.